The molecule has 1 saturated heterocycles. The number of rotatable bonds is 5. The molecule has 3 aromatic rings. The Hall–Kier alpha value is -3.00. The fourth-order valence-electron chi connectivity index (χ4n) is 3.52. The smallest absolute Gasteiger partial charge is 0.263 e. The van der Waals surface area contributed by atoms with Gasteiger partial charge >= 0.3 is 0 Å². The quantitative estimate of drug-likeness (QED) is 0.687. The molecule has 0 spiro atoms. The van der Waals surface area contributed by atoms with E-state index in [9.17, 15) is 13.6 Å². The van der Waals surface area contributed by atoms with Crippen LogP contribution in [0.15, 0.2) is 42.7 Å². The van der Waals surface area contributed by atoms with Crippen molar-refractivity contribution in [2.24, 2.45) is 0 Å². The van der Waals surface area contributed by atoms with E-state index in [0.717, 1.165) is 18.5 Å². The Labute approximate surface area is 166 Å². The van der Waals surface area contributed by atoms with Crippen LogP contribution in [0.5, 0.6) is 5.75 Å². The second-order valence-electron chi connectivity index (χ2n) is 6.95. The van der Waals surface area contributed by atoms with E-state index in [-0.39, 0.29) is 5.56 Å². The Morgan fingerprint density at radius 2 is 2.07 bits per heavy atom. The number of ether oxygens (including phenoxy) is 2. The molecule has 0 atom stereocenters. The first-order valence-electron chi connectivity index (χ1n) is 9.39. The maximum absolute atomic E-state index is 12.9. The number of fused-ring (bicyclic) bond motifs is 1. The molecule has 1 N–H and O–H groups in total. The molecule has 3 heterocycles. The lowest BCUT2D eigenvalue weighted by Gasteiger charge is -2.19. The minimum atomic E-state index is -2.60. The molecule has 0 aliphatic carbocycles. The summed E-state index contributed by atoms with van der Waals surface area (Å²) >= 11 is 0. The zero-order valence-electron chi connectivity index (χ0n) is 15.9. The van der Waals surface area contributed by atoms with Crippen LogP contribution in [-0.2, 0) is 4.74 Å². The van der Waals surface area contributed by atoms with Gasteiger partial charge in [-0.25, -0.2) is 13.8 Å². The van der Waals surface area contributed by atoms with E-state index in [2.05, 4.69) is 10.3 Å². The van der Waals surface area contributed by atoms with Crippen molar-refractivity contribution in [3.63, 3.8) is 0 Å². The van der Waals surface area contributed by atoms with Gasteiger partial charge in [0, 0.05) is 48.8 Å². The molecule has 1 amide bonds. The van der Waals surface area contributed by atoms with Crippen molar-refractivity contribution in [1.29, 1.82) is 0 Å². The molecule has 4 rings (SSSR count). The van der Waals surface area contributed by atoms with Crippen LogP contribution in [-0.4, -0.2) is 35.6 Å². The van der Waals surface area contributed by atoms with E-state index in [1.54, 1.807) is 22.7 Å². The summed E-state index contributed by atoms with van der Waals surface area (Å²) in [6, 6.07) is 7.32. The second-order valence-corrected chi connectivity index (χ2v) is 6.95. The van der Waals surface area contributed by atoms with E-state index in [1.165, 1.54) is 25.3 Å². The number of pyridine rings is 1. The molecule has 0 saturated carbocycles. The number of carbonyl (C=O) groups excluding carboxylic acids is 1. The molecule has 1 fully saturated rings. The third-order valence-corrected chi connectivity index (χ3v) is 5.07. The Morgan fingerprint density at radius 3 is 2.79 bits per heavy atom. The van der Waals surface area contributed by atoms with E-state index in [4.69, 9.17) is 9.47 Å². The van der Waals surface area contributed by atoms with Gasteiger partial charge in [0.05, 0.1) is 18.4 Å². The summed E-state index contributed by atoms with van der Waals surface area (Å²) in [5.74, 6) is 0.240. The lowest BCUT2D eigenvalue weighted by atomic mass is 9.97. The average molecular weight is 401 g/mol. The van der Waals surface area contributed by atoms with E-state index < -0.39 is 12.3 Å². The van der Waals surface area contributed by atoms with Crippen molar-refractivity contribution < 1.29 is 23.0 Å². The molecule has 1 aliphatic heterocycles. The number of benzene rings is 1. The molecule has 8 heteroatoms. The summed E-state index contributed by atoms with van der Waals surface area (Å²) < 4.78 is 38.4. The van der Waals surface area contributed by atoms with Crippen LogP contribution in [0.4, 0.5) is 14.5 Å². The van der Waals surface area contributed by atoms with Crippen molar-refractivity contribution in [2.45, 2.75) is 25.2 Å². The summed E-state index contributed by atoms with van der Waals surface area (Å²) in [6.45, 7) is 1.43. The fraction of sp³-hybridized carbons (Fsp3) is 0.333. The Bertz CT molecular complexity index is 1030. The summed E-state index contributed by atoms with van der Waals surface area (Å²) in [7, 11) is 1.47. The van der Waals surface area contributed by atoms with Crippen molar-refractivity contribution in [2.75, 3.05) is 25.6 Å². The van der Waals surface area contributed by atoms with Gasteiger partial charge in [-0.05, 0) is 25.0 Å². The summed E-state index contributed by atoms with van der Waals surface area (Å²) in [5, 5.41) is 2.66. The van der Waals surface area contributed by atoms with Crippen LogP contribution in [0.3, 0.4) is 0 Å². The highest BCUT2D eigenvalue weighted by Gasteiger charge is 2.21. The van der Waals surface area contributed by atoms with Crippen molar-refractivity contribution >= 4 is 17.2 Å². The summed E-state index contributed by atoms with van der Waals surface area (Å²) in [4.78, 5) is 17.5. The molecule has 0 bridgehead atoms. The molecule has 1 aromatic carbocycles. The standard InChI is InChI=1S/C21H21F2N3O3/c1-28-18-10-19-25-17(13-5-7-29-8-6-13)12-26(19)11-16(18)21(27)24-15-4-2-3-14(9-15)20(22)23/h2-4,9-13,20H,5-8H2,1H3,(H,24,27). The molecular weight excluding hydrogens is 380 g/mol. The first kappa shape index (κ1) is 19.3. The predicted octanol–water partition coefficient (Wildman–Crippen LogP) is 4.43. The van der Waals surface area contributed by atoms with Crippen LogP contribution in [0.1, 0.15) is 46.8 Å². The van der Waals surface area contributed by atoms with E-state index in [1.807, 2.05) is 6.20 Å². The highest BCUT2D eigenvalue weighted by Crippen LogP contribution is 2.29. The fourth-order valence-corrected chi connectivity index (χ4v) is 3.52. The molecule has 2 aromatic heterocycles. The Morgan fingerprint density at radius 1 is 1.28 bits per heavy atom. The number of methoxy groups -OCH3 is 1. The number of imidazole rings is 1. The zero-order valence-corrected chi connectivity index (χ0v) is 15.9. The second kappa shape index (κ2) is 8.16. The van der Waals surface area contributed by atoms with Gasteiger partial charge in [-0.3, -0.25) is 4.79 Å². The first-order valence-corrected chi connectivity index (χ1v) is 9.39. The maximum Gasteiger partial charge on any atom is 0.263 e. The SMILES string of the molecule is COc1cc2nc(C3CCOCC3)cn2cc1C(=O)Nc1cccc(C(F)F)c1. The minimum Gasteiger partial charge on any atom is -0.496 e. The average Bonchev–Trinajstić information content (AvgIpc) is 3.16. The third-order valence-electron chi connectivity index (χ3n) is 5.07. The molecule has 29 heavy (non-hydrogen) atoms. The van der Waals surface area contributed by atoms with Crippen molar-refractivity contribution in [3.05, 3.63) is 59.5 Å². The first-order chi connectivity index (χ1) is 14.0. The van der Waals surface area contributed by atoms with Crippen LogP contribution >= 0.6 is 0 Å². The lowest BCUT2D eigenvalue weighted by Crippen LogP contribution is -2.14. The zero-order chi connectivity index (χ0) is 20.4. The number of hydrogen-bond acceptors (Lipinski definition) is 4. The topological polar surface area (TPSA) is 64.9 Å². The molecular formula is C21H21F2N3O3. The summed E-state index contributed by atoms with van der Waals surface area (Å²) in [5.41, 5.74) is 2.07. The van der Waals surface area contributed by atoms with Crippen LogP contribution in [0.2, 0.25) is 0 Å². The number of halogens is 2. The van der Waals surface area contributed by atoms with Crippen molar-refractivity contribution in [1.82, 2.24) is 9.38 Å². The van der Waals surface area contributed by atoms with Gasteiger partial charge in [0.15, 0.2) is 0 Å². The molecule has 152 valence electrons. The molecule has 1 aliphatic rings. The van der Waals surface area contributed by atoms with Crippen LogP contribution < -0.4 is 10.1 Å². The number of nitrogens with zero attached hydrogens (tertiary/aromatic N) is 2. The van der Waals surface area contributed by atoms with E-state index in [0.29, 0.717) is 41.8 Å². The van der Waals surface area contributed by atoms with Crippen LogP contribution in [0.25, 0.3) is 5.65 Å². The van der Waals surface area contributed by atoms with E-state index >= 15 is 0 Å². The molecule has 0 unspecified atom stereocenters. The highest BCUT2D eigenvalue weighted by atomic mass is 19.3. The molecule has 6 nitrogen and oxygen atoms in total. The predicted molar refractivity (Wildman–Crippen MR) is 104 cm³/mol. The number of amides is 1. The summed E-state index contributed by atoms with van der Waals surface area (Å²) in [6.07, 6.45) is 2.78. The number of carbonyl (C=O) groups is 1. The van der Waals surface area contributed by atoms with Gasteiger partial charge in [0.2, 0.25) is 0 Å². The lowest BCUT2D eigenvalue weighted by molar-refractivity contribution is 0.0846. The molecule has 0 radical (unpaired) electrons. The number of aromatic nitrogens is 2. The normalized spacial score (nSPS) is 15.0. The van der Waals surface area contributed by atoms with Gasteiger partial charge < -0.3 is 19.2 Å². The van der Waals surface area contributed by atoms with Gasteiger partial charge in [0.1, 0.15) is 11.4 Å². The largest absolute Gasteiger partial charge is 0.496 e. The Kier molecular flexibility index (Phi) is 5.44. The van der Waals surface area contributed by atoms with Gasteiger partial charge in [-0.2, -0.15) is 0 Å². The number of hydrogen-bond donors (Lipinski definition) is 1. The monoisotopic (exact) mass is 401 g/mol. The van der Waals surface area contributed by atoms with Crippen molar-refractivity contribution in [3.8, 4) is 5.75 Å². The van der Waals surface area contributed by atoms with Crippen LogP contribution in [0, 0.1) is 0 Å². The number of anilines is 1. The van der Waals surface area contributed by atoms with Gasteiger partial charge in [0.25, 0.3) is 12.3 Å². The highest BCUT2D eigenvalue weighted by molar-refractivity contribution is 6.06. The number of nitrogens with one attached hydrogen (secondary N) is 1. The van der Waals surface area contributed by atoms with Gasteiger partial charge in [-0.1, -0.05) is 12.1 Å². The maximum atomic E-state index is 12.9. The minimum absolute atomic E-state index is 0.152. The number of alkyl halides is 2. The third kappa shape index (κ3) is 4.07. The Balaban J connectivity index is 1.63. The van der Waals surface area contributed by atoms with Gasteiger partial charge in [-0.15, -0.1) is 0 Å².